The van der Waals surface area contributed by atoms with Gasteiger partial charge in [-0.05, 0) is 43.6 Å². The standard InChI is InChI=1S/C27H34N2O7Si/c1-25(2,3)37(5,6)35-14-13-27-15-20(30)26(4,36-27)21-22(27)24(32)28(23(21)31)18-11-12-19(29(33)34)17-10-8-7-9-16(17)18/h7-12,20-22,30H,13-15H2,1-6H3. The number of aliphatic hydroxyl groups is 1. The lowest BCUT2D eigenvalue weighted by Gasteiger charge is -2.38. The van der Waals surface area contributed by atoms with Gasteiger partial charge in [0.05, 0.1) is 39.5 Å². The summed E-state index contributed by atoms with van der Waals surface area (Å²) in [7, 11) is -2.06. The number of nitro benzene ring substituents is 1. The molecule has 3 fully saturated rings. The molecule has 0 radical (unpaired) electrons. The minimum Gasteiger partial charge on any atom is -0.417 e. The molecule has 2 bridgehead atoms. The molecule has 0 aliphatic carbocycles. The van der Waals surface area contributed by atoms with Gasteiger partial charge in [0.25, 0.3) is 5.69 Å². The van der Waals surface area contributed by atoms with Crippen LogP contribution in [0, 0.1) is 22.0 Å². The minimum absolute atomic E-state index is 0.0142. The van der Waals surface area contributed by atoms with Gasteiger partial charge in [-0.3, -0.25) is 19.7 Å². The molecule has 3 heterocycles. The Balaban J connectivity index is 1.52. The lowest BCUT2D eigenvalue weighted by Crippen LogP contribution is -2.50. The van der Waals surface area contributed by atoms with Gasteiger partial charge in [0, 0.05) is 24.5 Å². The van der Waals surface area contributed by atoms with Gasteiger partial charge in [-0.15, -0.1) is 0 Å². The Bertz CT molecular complexity index is 1320. The number of amides is 2. The van der Waals surface area contributed by atoms with Gasteiger partial charge in [0.2, 0.25) is 11.8 Å². The Morgan fingerprint density at radius 2 is 1.76 bits per heavy atom. The molecule has 0 spiro atoms. The number of carbonyl (C=O) groups excluding carboxylic acids is 2. The van der Waals surface area contributed by atoms with E-state index < -0.39 is 54.2 Å². The summed E-state index contributed by atoms with van der Waals surface area (Å²) in [5, 5.41) is 23.4. The number of hydrogen-bond donors (Lipinski definition) is 1. The third-order valence-electron chi connectivity index (χ3n) is 9.22. The van der Waals surface area contributed by atoms with Gasteiger partial charge in [-0.25, -0.2) is 4.90 Å². The molecule has 2 aromatic rings. The Morgan fingerprint density at radius 1 is 1.14 bits per heavy atom. The number of imide groups is 1. The normalized spacial score (nSPS) is 31.4. The van der Waals surface area contributed by atoms with Crippen molar-refractivity contribution in [1.82, 2.24) is 0 Å². The van der Waals surface area contributed by atoms with E-state index in [1.165, 1.54) is 12.1 Å². The summed E-state index contributed by atoms with van der Waals surface area (Å²) in [4.78, 5) is 40.1. The van der Waals surface area contributed by atoms with E-state index in [2.05, 4.69) is 33.9 Å². The fourth-order valence-electron chi connectivity index (χ4n) is 6.18. The van der Waals surface area contributed by atoms with Gasteiger partial charge in [-0.1, -0.05) is 39.0 Å². The van der Waals surface area contributed by atoms with Crippen molar-refractivity contribution in [3.05, 3.63) is 46.5 Å². The highest BCUT2D eigenvalue weighted by molar-refractivity contribution is 6.74. The quantitative estimate of drug-likeness (QED) is 0.254. The molecular weight excluding hydrogens is 492 g/mol. The third kappa shape index (κ3) is 3.60. The van der Waals surface area contributed by atoms with Gasteiger partial charge >= 0.3 is 0 Å². The van der Waals surface area contributed by atoms with Crippen molar-refractivity contribution >= 4 is 42.3 Å². The summed E-state index contributed by atoms with van der Waals surface area (Å²) >= 11 is 0. The van der Waals surface area contributed by atoms with Crippen LogP contribution in [0.4, 0.5) is 11.4 Å². The van der Waals surface area contributed by atoms with Crippen LogP contribution in [0.15, 0.2) is 36.4 Å². The molecule has 0 saturated carbocycles. The fraction of sp³-hybridized carbons (Fsp3) is 0.556. The topological polar surface area (TPSA) is 119 Å². The first-order valence-electron chi connectivity index (χ1n) is 12.7. The summed E-state index contributed by atoms with van der Waals surface area (Å²) < 4.78 is 12.8. The maximum atomic E-state index is 14.0. The third-order valence-corrected chi connectivity index (χ3v) is 13.8. The van der Waals surface area contributed by atoms with Crippen LogP contribution in [-0.2, 0) is 18.8 Å². The molecule has 9 nitrogen and oxygen atoms in total. The number of anilines is 1. The van der Waals surface area contributed by atoms with E-state index in [-0.39, 0.29) is 17.1 Å². The summed E-state index contributed by atoms with van der Waals surface area (Å²) in [6, 6.07) is 9.49. The molecule has 2 amide bonds. The number of benzene rings is 2. The van der Waals surface area contributed by atoms with Gasteiger partial charge in [-0.2, -0.15) is 0 Å². The van der Waals surface area contributed by atoms with Crippen LogP contribution in [0.1, 0.15) is 40.5 Å². The second-order valence-electron chi connectivity index (χ2n) is 12.3. The summed E-state index contributed by atoms with van der Waals surface area (Å²) in [6.45, 7) is 12.8. The molecule has 5 atom stereocenters. The number of carbonyl (C=O) groups is 2. The largest absolute Gasteiger partial charge is 0.417 e. The molecule has 10 heteroatoms. The van der Waals surface area contributed by atoms with Crippen LogP contribution in [-0.4, -0.2) is 54.1 Å². The number of rotatable bonds is 6. The van der Waals surface area contributed by atoms with Crippen LogP contribution in [0.3, 0.4) is 0 Å². The number of hydrogen-bond acceptors (Lipinski definition) is 7. The molecule has 5 unspecified atom stereocenters. The minimum atomic E-state index is -2.06. The smallest absolute Gasteiger partial charge is 0.277 e. The molecule has 3 saturated heterocycles. The van der Waals surface area contributed by atoms with Crippen molar-refractivity contribution in [2.45, 2.75) is 76.0 Å². The molecular formula is C27H34N2O7Si. The second-order valence-corrected chi connectivity index (χ2v) is 17.1. The Hall–Kier alpha value is -2.66. The Morgan fingerprint density at radius 3 is 2.38 bits per heavy atom. The SMILES string of the molecule is CC12OC(CCO[Si](C)(C)C(C)(C)C)(CC1O)C1C(=O)N(c3ccc([N+](=O)[O-])c4ccccc34)C(=O)C12. The zero-order valence-electron chi connectivity index (χ0n) is 22.1. The van der Waals surface area contributed by atoms with Crippen molar-refractivity contribution in [1.29, 1.82) is 0 Å². The molecule has 1 N–H and O–H groups in total. The van der Waals surface area contributed by atoms with Gasteiger partial charge in [0.15, 0.2) is 8.32 Å². The van der Waals surface area contributed by atoms with E-state index in [9.17, 15) is 24.8 Å². The first-order valence-corrected chi connectivity index (χ1v) is 15.6. The molecule has 37 heavy (non-hydrogen) atoms. The van der Waals surface area contributed by atoms with Crippen molar-refractivity contribution < 1.29 is 28.8 Å². The van der Waals surface area contributed by atoms with E-state index >= 15 is 0 Å². The molecule has 3 aliphatic heterocycles. The van der Waals surface area contributed by atoms with Crippen LogP contribution >= 0.6 is 0 Å². The summed E-state index contributed by atoms with van der Waals surface area (Å²) in [5.74, 6) is -2.43. The molecule has 2 aromatic carbocycles. The van der Waals surface area contributed by atoms with Crippen LogP contribution in [0.25, 0.3) is 10.8 Å². The highest BCUT2D eigenvalue weighted by Crippen LogP contribution is 2.62. The highest BCUT2D eigenvalue weighted by Gasteiger charge is 2.77. The zero-order valence-corrected chi connectivity index (χ0v) is 23.1. The zero-order chi connectivity index (χ0) is 27.1. The van der Waals surface area contributed by atoms with Crippen LogP contribution in [0.5, 0.6) is 0 Å². The van der Waals surface area contributed by atoms with Crippen LogP contribution in [0.2, 0.25) is 18.1 Å². The number of nitrogens with zero attached hydrogens (tertiary/aromatic N) is 2. The first kappa shape index (κ1) is 26.0. The van der Waals surface area contributed by atoms with E-state index in [4.69, 9.17) is 9.16 Å². The predicted octanol–water partition coefficient (Wildman–Crippen LogP) is 4.56. The van der Waals surface area contributed by atoms with Gasteiger partial charge in [0.1, 0.15) is 5.60 Å². The maximum Gasteiger partial charge on any atom is 0.277 e. The number of nitro groups is 1. The average molecular weight is 527 g/mol. The van der Waals surface area contributed by atoms with Crippen molar-refractivity contribution in [2.75, 3.05) is 11.5 Å². The molecule has 198 valence electrons. The lowest BCUT2D eigenvalue weighted by atomic mass is 9.66. The van der Waals surface area contributed by atoms with Gasteiger partial charge < -0.3 is 14.3 Å². The van der Waals surface area contributed by atoms with E-state index in [1.54, 1.807) is 31.2 Å². The lowest BCUT2D eigenvalue weighted by molar-refractivity contribution is -0.383. The number of non-ortho nitro benzene ring substituents is 1. The number of fused-ring (bicyclic) bond motifs is 6. The second kappa shape index (κ2) is 8.17. The average Bonchev–Trinajstić information content (AvgIpc) is 3.33. The van der Waals surface area contributed by atoms with Crippen molar-refractivity contribution in [3.8, 4) is 0 Å². The number of ether oxygens (including phenoxy) is 1. The van der Waals surface area contributed by atoms with E-state index in [0.717, 1.165) is 4.90 Å². The number of aliphatic hydroxyl groups excluding tert-OH is 1. The van der Waals surface area contributed by atoms with E-state index in [0.29, 0.717) is 29.5 Å². The fourth-order valence-corrected chi connectivity index (χ4v) is 7.22. The van der Waals surface area contributed by atoms with E-state index in [1.807, 2.05) is 0 Å². The Kier molecular flexibility index (Phi) is 5.73. The van der Waals surface area contributed by atoms with Crippen LogP contribution < -0.4 is 4.90 Å². The molecule has 0 aromatic heterocycles. The molecule has 3 aliphatic rings. The first-order chi connectivity index (χ1) is 17.1. The molecule has 5 rings (SSSR count). The Labute approximate surface area is 217 Å². The van der Waals surface area contributed by atoms with Crippen molar-refractivity contribution in [3.63, 3.8) is 0 Å². The highest BCUT2D eigenvalue weighted by atomic mass is 28.4. The summed E-state index contributed by atoms with van der Waals surface area (Å²) in [5.41, 5.74) is -1.99. The maximum absolute atomic E-state index is 14.0. The van der Waals surface area contributed by atoms with Crippen molar-refractivity contribution in [2.24, 2.45) is 11.8 Å². The predicted molar refractivity (Wildman–Crippen MR) is 141 cm³/mol. The summed E-state index contributed by atoms with van der Waals surface area (Å²) in [6.07, 6.45) is -0.257. The monoisotopic (exact) mass is 526 g/mol.